The summed E-state index contributed by atoms with van der Waals surface area (Å²) in [6, 6.07) is 7.15. The van der Waals surface area contributed by atoms with Crippen LogP contribution < -0.4 is 0 Å². The zero-order valence-electron chi connectivity index (χ0n) is 17.2. The number of ketones is 1. The Balaban J connectivity index is 2.07. The number of nitrogens with zero attached hydrogens (tertiary/aromatic N) is 3. The maximum absolute atomic E-state index is 13.4. The molecule has 1 aliphatic rings. The third-order valence-corrected chi connectivity index (χ3v) is 6.69. The Hall–Kier alpha value is -2.16. The number of hydrogen-bond acceptors (Lipinski definition) is 7. The second-order valence-electron chi connectivity index (χ2n) is 7.22. The molecule has 154 valence electrons. The molecule has 1 unspecified atom stereocenters. The van der Waals surface area contributed by atoms with Crippen molar-refractivity contribution >= 4 is 34.8 Å². The molecule has 0 radical (unpaired) electrons. The van der Waals surface area contributed by atoms with E-state index in [4.69, 9.17) is 0 Å². The Labute approximate surface area is 179 Å². The summed E-state index contributed by atoms with van der Waals surface area (Å²) in [6.07, 6.45) is 1.99. The Morgan fingerprint density at radius 1 is 1.28 bits per heavy atom. The number of benzene rings is 1. The van der Waals surface area contributed by atoms with Gasteiger partial charge in [0.1, 0.15) is 0 Å². The van der Waals surface area contributed by atoms with Crippen molar-refractivity contribution in [1.29, 1.82) is 0 Å². The van der Waals surface area contributed by atoms with Gasteiger partial charge in [-0.05, 0) is 51.9 Å². The van der Waals surface area contributed by atoms with Gasteiger partial charge >= 0.3 is 0 Å². The Morgan fingerprint density at radius 2 is 1.93 bits per heavy atom. The summed E-state index contributed by atoms with van der Waals surface area (Å²) in [4.78, 5) is 35.7. The van der Waals surface area contributed by atoms with Crippen LogP contribution in [0.25, 0.3) is 0 Å². The summed E-state index contributed by atoms with van der Waals surface area (Å²) in [6.45, 7) is 4.64. The summed E-state index contributed by atoms with van der Waals surface area (Å²) >= 11 is 2.91. The van der Waals surface area contributed by atoms with Gasteiger partial charge in [-0.25, -0.2) is 4.98 Å². The molecule has 1 aromatic heterocycles. The molecule has 0 saturated heterocycles. The number of carbonyl (C=O) groups excluding carboxylic acids is 2. The first-order valence-corrected chi connectivity index (χ1v) is 11.3. The van der Waals surface area contributed by atoms with Gasteiger partial charge in [0, 0.05) is 18.0 Å². The first kappa shape index (κ1) is 21.5. The number of rotatable bonds is 7. The second-order valence-corrected chi connectivity index (χ2v) is 9.30. The zero-order chi connectivity index (χ0) is 21.3. The number of thiazole rings is 1. The number of Topliss-reactive ketones (excluding diaryl/α,β-unsaturated/α-hetero) is 1. The van der Waals surface area contributed by atoms with Gasteiger partial charge in [-0.15, -0.1) is 23.1 Å². The molecule has 29 heavy (non-hydrogen) atoms. The van der Waals surface area contributed by atoms with Crippen LogP contribution >= 0.6 is 23.1 Å². The lowest BCUT2D eigenvalue weighted by atomic mass is 9.95. The van der Waals surface area contributed by atoms with E-state index in [9.17, 15) is 14.7 Å². The fourth-order valence-corrected chi connectivity index (χ4v) is 4.70. The second kappa shape index (κ2) is 8.69. The number of amides is 1. The van der Waals surface area contributed by atoms with E-state index in [1.54, 1.807) is 23.6 Å². The number of aliphatic hydroxyl groups excluding tert-OH is 1. The number of hydrogen-bond donors (Lipinski definition) is 1. The normalized spacial score (nSPS) is 17.0. The maximum atomic E-state index is 13.4. The van der Waals surface area contributed by atoms with Gasteiger partial charge in [-0.2, -0.15) is 0 Å². The van der Waals surface area contributed by atoms with E-state index in [1.165, 1.54) is 11.3 Å². The van der Waals surface area contributed by atoms with Crippen LogP contribution in [-0.4, -0.2) is 65.0 Å². The van der Waals surface area contributed by atoms with Crippen LogP contribution in [0.2, 0.25) is 0 Å². The number of aryl methyl sites for hydroxylation is 2. The average molecular weight is 432 g/mol. The van der Waals surface area contributed by atoms with Gasteiger partial charge in [-0.1, -0.05) is 12.1 Å². The van der Waals surface area contributed by atoms with Crippen LogP contribution in [0.5, 0.6) is 0 Å². The molecule has 0 aliphatic carbocycles. The molecule has 1 aliphatic heterocycles. The molecule has 1 N–H and O–H groups in total. The fraction of sp³-hybridized carbons (Fsp3) is 0.381. The lowest BCUT2D eigenvalue weighted by molar-refractivity contribution is -0.129. The minimum Gasteiger partial charge on any atom is -0.503 e. The van der Waals surface area contributed by atoms with Crippen molar-refractivity contribution in [3.8, 4) is 0 Å². The standard InChI is InChI=1S/C21H25N3O3S2/c1-12-20(29-13(2)22-12)18(25)16-17(14-6-8-15(28-5)9-7-14)24(11-10-23(3)4)21(27)19(16)26/h6-9,17,26H,10-11H2,1-5H3. The highest BCUT2D eigenvalue weighted by Crippen LogP contribution is 2.40. The van der Waals surface area contributed by atoms with E-state index in [2.05, 4.69) is 4.98 Å². The molecule has 0 fully saturated rings. The number of thioether (sulfide) groups is 1. The molecule has 2 aromatic rings. The Bertz CT molecular complexity index is 964. The molecular weight excluding hydrogens is 406 g/mol. The quantitative estimate of drug-likeness (QED) is 0.533. The third kappa shape index (κ3) is 4.24. The molecule has 1 aromatic carbocycles. The van der Waals surface area contributed by atoms with Gasteiger partial charge in [-0.3, -0.25) is 9.59 Å². The largest absolute Gasteiger partial charge is 0.503 e. The number of aliphatic hydroxyl groups is 1. The Morgan fingerprint density at radius 3 is 2.45 bits per heavy atom. The first-order valence-electron chi connectivity index (χ1n) is 9.26. The molecule has 0 saturated carbocycles. The average Bonchev–Trinajstić information content (AvgIpc) is 3.15. The van der Waals surface area contributed by atoms with Gasteiger partial charge in [0.2, 0.25) is 5.78 Å². The summed E-state index contributed by atoms with van der Waals surface area (Å²) in [5, 5.41) is 11.5. The highest BCUT2D eigenvalue weighted by molar-refractivity contribution is 7.98. The maximum Gasteiger partial charge on any atom is 0.290 e. The highest BCUT2D eigenvalue weighted by atomic mass is 32.2. The van der Waals surface area contributed by atoms with Crippen LogP contribution in [0.4, 0.5) is 0 Å². The van der Waals surface area contributed by atoms with E-state index in [1.807, 2.05) is 56.4 Å². The smallest absolute Gasteiger partial charge is 0.290 e. The monoisotopic (exact) mass is 431 g/mol. The summed E-state index contributed by atoms with van der Waals surface area (Å²) in [5.41, 5.74) is 1.56. The molecule has 0 spiro atoms. The summed E-state index contributed by atoms with van der Waals surface area (Å²) in [7, 11) is 3.84. The van der Waals surface area contributed by atoms with E-state index < -0.39 is 17.7 Å². The first-order chi connectivity index (χ1) is 13.7. The molecule has 3 rings (SSSR count). The van der Waals surface area contributed by atoms with E-state index >= 15 is 0 Å². The molecular formula is C21H25N3O3S2. The number of carbonyl (C=O) groups is 2. The van der Waals surface area contributed by atoms with Crippen molar-refractivity contribution in [3.63, 3.8) is 0 Å². The lowest BCUT2D eigenvalue weighted by Crippen LogP contribution is -2.36. The van der Waals surface area contributed by atoms with Gasteiger partial charge in [0.25, 0.3) is 5.91 Å². The highest BCUT2D eigenvalue weighted by Gasteiger charge is 2.44. The third-order valence-electron chi connectivity index (χ3n) is 4.88. The number of aromatic nitrogens is 1. The van der Waals surface area contributed by atoms with Gasteiger partial charge in [0.15, 0.2) is 5.76 Å². The van der Waals surface area contributed by atoms with E-state index in [0.717, 1.165) is 15.5 Å². The minimum atomic E-state index is -0.618. The van der Waals surface area contributed by atoms with Crippen molar-refractivity contribution < 1.29 is 14.7 Å². The van der Waals surface area contributed by atoms with Crippen LogP contribution in [0.15, 0.2) is 40.5 Å². The predicted molar refractivity (Wildman–Crippen MR) is 117 cm³/mol. The molecule has 0 bridgehead atoms. The van der Waals surface area contributed by atoms with Crippen LogP contribution in [-0.2, 0) is 4.79 Å². The zero-order valence-corrected chi connectivity index (χ0v) is 18.9. The van der Waals surface area contributed by atoms with Crippen molar-refractivity contribution in [2.45, 2.75) is 24.8 Å². The lowest BCUT2D eigenvalue weighted by Gasteiger charge is -2.28. The molecule has 1 amide bonds. The van der Waals surface area contributed by atoms with Crippen LogP contribution in [0.3, 0.4) is 0 Å². The topological polar surface area (TPSA) is 73.7 Å². The number of likely N-dealkylation sites (N-methyl/N-ethyl adjacent to an activating group) is 1. The van der Waals surface area contributed by atoms with Crippen molar-refractivity contribution in [2.75, 3.05) is 33.4 Å². The van der Waals surface area contributed by atoms with Crippen LogP contribution in [0, 0.1) is 13.8 Å². The summed E-state index contributed by atoms with van der Waals surface area (Å²) < 4.78 is 0. The molecule has 8 heteroatoms. The van der Waals surface area contributed by atoms with Crippen LogP contribution in [0.1, 0.15) is 32.0 Å². The minimum absolute atomic E-state index is 0.136. The SMILES string of the molecule is CSc1ccc(C2C(C(=O)c3sc(C)nc3C)=C(O)C(=O)N2CCN(C)C)cc1. The van der Waals surface area contributed by atoms with Crippen molar-refractivity contribution in [2.24, 2.45) is 0 Å². The van der Waals surface area contributed by atoms with Gasteiger partial charge < -0.3 is 14.9 Å². The van der Waals surface area contributed by atoms with Gasteiger partial charge in [0.05, 0.1) is 27.2 Å². The Kier molecular flexibility index (Phi) is 6.45. The fourth-order valence-electron chi connectivity index (χ4n) is 3.42. The van der Waals surface area contributed by atoms with E-state index in [-0.39, 0.29) is 11.4 Å². The summed E-state index contributed by atoms with van der Waals surface area (Å²) in [5.74, 6) is -1.29. The molecule has 2 heterocycles. The van der Waals surface area contributed by atoms with E-state index in [0.29, 0.717) is 23.7 Å². The molecule has 6 nitrogen and oxygen atoms in total. The predicted octanol–water partition coefficient (Wildman–Crippen LogP) is 3.62. The molecule has 1 atom stereocenters. The van der Waals surface area contributed by atoms with Crippen molar-refractivity contribution in [3.05, 3.63) is 56.7 Å². The van der Waals surface area contributed by atoms with Crippen molar-refractivity contribution in [1.82, 2.24) is 14.8 Å².